The van der Waals surface area contributed by atoms with Gasteiger partial charge in [0.1, 0.15) is 17.9 Å². The molecule has 3 rings (SSSR count). The van der Waals surface area contributed by atoms with Crippen LogP contribution >= 0.6 is 0 Å². The molecule has 6 nitrogen and oxygen atoms in total. The molecule has 150 valence electrons. The first-order valence-electron chi connectivity index (χ1n) is 8.98. The fourth-order valence-corrected chi connectivity index (χ4v) is 3.16. The van der Waals surface area contributed by atoms with E-state index in [4.69, 9.17) is 0 Å². The Morgan fingerprint density at radius 2 is 1.89 bits per heavy atom. The zero-order valence-electron chi connectivity index (χ0n) is 15.4. The molecule has 0 atom stereocenters. The quantitative estimate of drug-likeness (QED) is 0.842. The Balaban J connectivity index is 1.64. The summed E-state index contributed by atoms with van der Waals surface area (Å²) in [6.07, 6.45) is -1.37. The Morgan fingerprint density at radius 3 is 2.50 bits per heavy atom. The first kappa shape index (κ1) is 19.9. The van der Waals surface area contributed by atoms with Crippen LogP contribution in [0.2, 0.25) is 0 Å². The fourth-order valence-electron chi connectivity index (χ4n) is 3.16. The number of carbonyl (C=O) groups is 1. The smallest absolute Gasteiger partial charge is 0.406 e. The average Bonchev–Trinajstić information content (AvgIpc) is 2.66. The molecule has 9 heteroatoms. The van der Waals surface area contributed by atoms with Crippen LogP contribution in [0.25, 0.3) is 11.3 Å². The van der Waals surface area contributed by atoms with Crippen LogP contribution in [0.15, 0.2) is 36.7 Å². The molecule has 1 saturated heterocycles. The summed E-state index contributed by atoms with van der Waals surface area (Å²) in [5.74, 6) is 0.933. The van der Waals surface area contributed by atoms with Crippen molar-refractivity contribution in [2.45, 2.75) is 26.1 Å². The first-order valence-corrected chi connectivity index (χ1v) is 8.98. The zero-order valence-corrected chi connectivity index (χ0v) is 15.4. The minimum atomic E-state index is -4.71. The van der Waals surface area contributed by atoms with Crippen molar-refractivity contribution in [3.8, 4) is 17.0 Å². The summed E-state index contributed by atoms with van der Waals surface area (Å²) in [7, 11) is 0. The van der Waals surface area contributed by atoms with Gasteiger partial charge in [-0.3, -0.25) is 4.79 Å². The molecule has 1 N–H and O–H groups in total. The number of rotatable bonds is 5. The minimum absolute atomic E-state index is 0.0190. The second kappa shape index (κ2) is 8.45. The summed E-state index contributed by atoms with van der Waals surface area (Å²) in [5, 5.41) is 2.86. The van der Waals surface area contributed by atoms with E-state index >= 15 is 0 Å². The van der Waals surface area contributed by atoms with E-state index < -0.39 is 6.36 Å². The Labute approximate surface area is 160 Å². The number of nitrogens with zero attached hydrogens (tertiary/aromatic N) is 3. The highest BCUT2D eigenvalue weighted by atomic mass is 19.4. The number of nitrogens with one attached hydrogen (secondary N) is 1. The van der Waals surface area contributed by atoms with E-state index in [-0.39, 0.29) is 11.7 Å². The predicted octanol–water partition coefficient (Wildman–Crippen LogP) is 3.39. The van der Waals surface area contributed by atoms with Crippen molar-refractivity contribution in [1.82, 2.24) is 15.3 Å². The summed E-state index contributed by atoms with van der Waals surface area (Å²) in [4.78, 5) is 21.7. The summed E-state index contributed by atoms with van der Waals surface area (Å²) < 4.78 is 40.7. The monoisotopic (exact) mass is 394 g/mol. The highest BCUT2D eigenvalue weighted by Gasteiger charge is 2.31. The van der Waals surface area contributed by atoms with E-state index in [0.29, 0.717) is 23.7 Å². The van der Waals surface area contributed by atoms with Gasteiger partial charge in [-0.25, -0.2) is 9.97 Å². The van der Waals surface area contributed by atoms with Crippen LogP contribution in [-0.4, -0.2) is 41.9 Å². The Kier molecular flexibility index (Phi) is 6.01. The SMILES string of the molecule is CC(=O)NCC1CCN(c2cc(-c3ccc(OC(F)(F)F)cc3)ncn2)CC1. The second-order valence-corrected chi connectivity index (χ2v) is 6.70. The maximum absolute atomic E-state index is 12.3. The van der Waals surface area contributed by atoms with Gasteiger partial charge in [-0.1, -0.05) is 0 Å². The number of alkyl halides is 3. The Morgan fingerprint density at radius 1 is 1.21 bits per heavy atom. The molecule has 0 unspecified atom stereocenters. The third-order valence-corrected chi connectivity index (χ3v) is 4.61. The number of ether oxygens (including phenoxy) is 1. The van der Waals surface area contributed by atoms with E-state index in [1.165, 1.54) is 37.5 Å². The fraction of sp³-hybridized carbons (Fsp3) is 0.421. The molecule has 2 heterocycles. The summed E-state index contributed by atoms with van der Waals surface area (Å²) in [5.41, 5.74) is 1.31. The van der Waals surface area contributed by atoms with Gasteiger partial charge in [-0.05, 0) is 43.0 Å². The predicted molar refractivity (Wildman–Crippen MR) is 97.8 cm³/mol. The van der Waals surface area contributed by atoms with Gasteiger partial charge < -0.3 is 15.0 Å². The van der Waals surface area contributed by atoms with Crippen LogP contribution in [0.4, 0.5) is 19.0 Å². The largest absolute Gasteiger partial charge is 0.573 e. The highest BCUT2D eigenvalue weighted by molar-refractivity contribution is 5.72. The third-order valence-electron chi connectivity index (χ3n) is 4.61. The topological polar surface area (TPSA) is 67.4 Å². The molecule has 0 saturated carbocycles. The lowest BCUT2D eigenvalue weighted by Crippen LogP contribution is -2.38. The number of hydrogen-bond acceptors (Lipinski definition) is 5. The molecule has 1 aliphatic rings. The molecule has 1 aliphatic heterocycles. The van der Waals surface area contributed by atoms with Crippen molar-refractivity contribution in [3.05, 3.63) is 36.7 Å². The summed E-state index contributed by atoms with van der Waals surface area (Å²) in [6.45, 7) is 3.84. The highest BCUT2D eigenvalue weighted by Crippen LogP contribution is 2.28. The third kappa shape index (κ3) is 5.58. The van der Waals surface area contributed by atoms with Gasteiger partial charge in [0.2, 0.25) is 5.91 Å². The Bertz CT molecular complexity index is 804. The molecule has 1 aromatic heterocycles. The van der Waals surface area contributed by atoms with Gasteiger partial charge in [-0.2, -0.15) is 0 Å². The lowest BCUT2D eigenvalue weighted by molar-refractivity contribution is -0.274. The molecule has 0 spiro atoms. The van der Waals surface area contributed by atoms with Crippen molar-refractivity contribution >= 4 is 11.7 Å². The minimum Gasteiger partial charge on any atom is -0.406 e. The standard InChI is InChI=1S/C19H21F3N4O2/c1-13(27)23-11-14-6-8-26(9-7-14)18-10-17(24-12-25-18)15-2-4-16(5-3-15)28-19(20,21)22/h2-5,10,12,14H,6-9,11H2,1H3,(H,23,27). The van der Waals surface area contributed by atoms with Crippen molar-refractivity contribution in [2.24, 2.45) is 5.92 Å². The molecule has 1 amide bonds. The van der Waals surface area contributed by atoms with E-state index in [2.05, 4.69) is 24.9 Å². The van der Waals surface area contributed by atoms with Crippen molar-refractivity contribution < 1.29 is 22.7 Å². The Hall–Kier alpha value is -2.84. The van der Waals surface area contributed by atoms with Crippen LogP contribution < -0.4 is 15.0 Å². The number of anilines is 1. The van der Waals surface area contributed by atoms with Gasteiger partial charge in [0, 0.05) is 38.2 Å². The van der Waals surface area contributed by atoms with E-state index in [9.17, 15) is 18.0 Å². The maximum atomic E-state index is 12.3. The van der Waals surface area contributed by atoms with E-state index in [0.717, 1.165) is 31.7 Å². The number of amides is 1. The molecule has 0 radical (unpaired) electrons. The first-order chi connectivity index (χ1) is 13.3. The van der Waals surface area contributed by atoms with Crippen LogP contribution in [-0.2, 0) is 4.79 Å². The summed E-state index contributed by atoms with van der Waals surface area (Å²) in [6, 6.07) is 7.42. The normalized spacial score (nSPS) is 15.4. The number of carbonyl (C=O) groups excluding carboxylic acids is 1. The number of benzene rings is 1. The number of hydrogen-bond donors (Lipinski definition) is 1. The number of halogens is 3. The number of aromatic nitrogens is 2. The average molecular weight is 394 g/mol. The van der Waals surface area contributed by atoms with Gasteiger partial charge in [0.05, 0.1) is 5.69 Å². The second-order valence-electron chi connectivity index (χ2n) is 6.70. The van der Waals surface area contributed by atoms with E-state index in [1.54, 1.807) is 0 Å². The van der Waals surface area contributed by atoms with Crippen LogP contribution in [0.1, 0.15) is 19.8 Å². The van der Waals surface area contributed by atoms with Crippen molar-refractivity contribution in [3.63, 3.8) is 0 Å². The molecule has 0 bridgehead atoms. The lowest BCUT2D eigenvalue weighted by atomic mass is 9.96. The van der Waals surface area contributed by atoms with Gasteiger partial charge in [0.25, 0.3) is 0 Å². The summed E-state index contributed by atoms with van der Waals surface area (Å²) >= 11 is 0. The lowest BCUT2D eigenvalue weighted by Gasteiger charge is -2.32. The number of piperidine rings is 1. The molecule has 1 fully saturated rings. The molecule has 28 heavy (non-hydrogen) atoms. The molecule has 0 aliphatic carbocycles. The van der Waals surface area contributed by atoms with E-state index in [1.807, 2.05) is 6.07 Å². The molecule has 2 aromatic rings. The molecular formula is C19H21F3N4O2. The van der Waals surface area contributed by atoms with Gasteiger partial charge >= 0.3 is 6.36 Å². The van der Waals surface area contributed by atoms with Gasteiger partial charge in [0.15, 0.2) is 0 Å². The van der Waals surface area contributed by atoms with Crippen molar-refractivity contribution in [2.75, 3.05) is 24.5 Å². The van der Waals surface area contributed by atoms with Gasteiger partial charge in [-0.15, -0.1) is 13.2 Å². The van der Waals surface area contributed by atoms with Crippen LogP contribution in [0.5, 0.6) is 5.75 Å². The molecule has 1 aromatic carbocycles. The zero-order chi connectivity index (χ0) is 20.1. The van der Waals surface area contributed by atoms with Crippen molar-refractivity contribution in [1.29, 1.82) is 0 Å². The maximum Gasteiger partial charge on any atom is 0.573 e. The molecular weight excluding hydrogens is 373 g/mol. The van der Waals surface area contributed by atoms with Crippen LogP contribution in [0, 0.1) is 5.92 Å². The van der Waals surface area contributed by atoms with Crippen LogP contribution in [0.3, 0.4) is 0 Å².